The van der Waals surface area contributed by atoms with E-state index in [4.69, 9.17) is 0 Å². The fourth-order valence-electron chi connectivity index (χ4n) is 3.40. The van der Waals surface area contributed by atoms with Gasteiger partial charge in [-0.3, -0.25) is 9.48 Å². The van der Waals surface area contributed by atoms with Crippen LogP contribution in [0.2, 0.25) is 0 Å². The Morgan fingerprint density at radius 1 is 1.12 bits per heavy atom. The van der Waals surface area contributed by atoms with Crippen LogP contribution in [-0.2, 0) is 21.4 Å². The lowest BCUT2D eigenvalue weighted by Crippen LogP contribution is -2.21. The van der Waals surface area contributed by atoms with Crippen molar-refractivity contribution in [2.45, 2.75) is 50.5 Å². The van der Waals surface area contributed by atoms with E-state index >= 15 is 0 Å². The summed E-state index contributed by atoms with van der Waals surface area (Å²) in [6.45, 7) is 3.24. The summed E-state index contributed by atoms with van der Waals surface area (Å²) in [5, 5.41) is 6.49. The van der Waals surface area contributed by atoms with Gasteiger partial charge >= 0.3 is 0 Å². The van der Waals surface area contributed by atoms with E-state index in [0.717, 1.165) is 12.8 Å². The van der Waals surface area contributed by atoms with Crippen molar-refractivity contribution >= 4 is 27.6 Å². The summed E-state index contributed by atoms with van der Waals surface area (Å²) >= 11 is 0. The number of rotatable bonds is 8. The molecule has 1 fully saturated rings. The number of hydrogen-bond donors (Lipinski definition) is 2. The Kier molecular flexibility index (Phi) is 6.11. The topological polar surface area (TPSA) is 119 Å². The number of sulfonamides is 1. The molecule has 3 aromatic rings. The molecule has 0 aliphatic heterocycles. The highest BCUT2D eigenvalue weighted by Crippen LogP contribution is 2.41. The van der Waals surface area contributed by atoms with E-state index in [-0.39, 0.29) is 29.0 Å². The SMILES string of the molecule is Cc1cc(C)nc(NS(=O)(=O)c2ccc(NC(=O)Cn3nc(C(F)F)cc3C3CC3)cc2)n1. The molecule has 1 saturated carbocycles. The van der Waals surface area contributed by atoms with Crippen LogP contribution in [0, 0.1) is 13.8 Å². The van der Waals surface area contributed by atoms with E-state index in [1.807, 2.05) is 0 Å². The molecular weight excluding hydrogens is 454 g/mol. The van der Waals surface area contributed by atoms with Gasteiger partial charge in [0.25, 0.3) is 16.4 Å². The average molecular weight is 477 g/mol. The molecule has 2 aromatic heterocycles. The smallest absolute Gasteiger partial charge is 0.282 e. The number of aryl methyl sites for hydroxylation is 2. The third-order valence-corrected chi connectivity index (χ3v) is 6.34. The second kappa shape index (κ2) is 8.85. The Bertz CT molecular complexity index is 1270. The average Bonchev–Trinajstić information content (AvgIpc) is 3.47. The van der Waals surface area contributed by atoms with Crippen LogP contribution in [0.1, 0.15) is 48.0 Å². The maximum absolute atomic E-state index is 13.0. The van der Waals surface area contributed by atoms with Crippen LogP contribution in [0.25, 0.3) is 0 Å². The molecule has 174 valence electrons. The number of nitrogens with one attached hydrogen (secondary N) is 2. The summed E-state index contributed by atoms with van der Waals surface area (Å²) in [7, 11) is -3.93. The van der Waals surface area contributed by atoms with Crippen LogP contribution in [0.4, 0.5) is 20.4 Å². The lowest BCUT2D eigenvalue weighted by molar-refractivity contribution is -0.117. The molecule has 12 heteroatoms. The lowest BCUT2D eigenvalue weighted by Gasteiger charge is -2.10. The monoisotopic (exact) mass is 476 g/mol. The molecule has 0 radical (unpaired) electrons. The molecule has 1 aromatic carbocycles. The highest BCUT2D eigenvalue weighted by Gasteiger charge is 2.30. The fourth-order valence-corrected chi connectivity index (χ4v) is 4.34. The molecule has 1 amide bonds. The minimum atomic E-state index is -3.93. The van der Waals surface area contributed by atoms with Gasteiger partial charge in [0.15, 0.2) is 0 Å². The fraction of sp³-hybridized carbons (Fsp3) is 0.333. The quantitative estimate of drug-likeness (QED) is 0.513. The van der Waals surface area contributed by atoms with Gasteiger partial charge in [-0.25, -0.2) is 31.9 Å². The Morgan fingerprint density at radius 2 is 1.76 bits per heavy atom. The zero-order valence-corrected chi connectivity index (χ0v) is 18.7. The Hall–Kier alpha value is -3.41. The lowest BCUT2D eigenvalue weighted by atomic mass is 10.2. The molecule has 0 saturated heterocycles. The standard InChI is InChI=1S/C21H22F2N6O3S/c1-12-9-13(2)25-21(24-12)28-33(31,32)16-7-5-15(6-8-16)26-19(30)11-29-18(14-3-4-14)10-17(27-29)20(22)23/h5-10,14,20H,3-4,11H2,1-2H3,(H,26,30)(H,24,25,28). The predicted molar refractivity (Wildman–Crippen MR) is 117 cm³/mol. The molecule has 0 spiro atoms. The molecule has 0 atom stereocenters. The summed E-state index contributed by atoms with van der Waals surface area (Å²) in [4.78, 5) is 20.5. The molecule has 4 rings (SSSR count). The van der Waals surface area contributed by atoms with Crippen molar-refractivity contribution in [1.82, 2.24) is 19.7 Å². The van der Waals surface area contributed by atoms with Crippen molar-refractivity contribution in [2.75, 3.05) is 10.0 Å². The minimum Gasteiger partial charge on any atom is -0.324 e. The van der Waals surface area contributed by atoms with Crippen molar-refractivity contribution in [1.29, 1.82) is 0 Å². The van der Waals surface area contributed by atoms with Crippen LogP contribution in [0.15, 0.2) is 41.3 Å². The number of nitrogens with zero attached hydrogens (tertiary/aromatic N) is 4. The third-order valence-electron chi connectivity index (χ3n) is 5.00. The van der Waals surface area contributed by atoms with Gasteiger partial charge in [0, 0.05) is 28.7 Å². The highest BCUT2D eigenvalue weighted by atomic mass is 32.2. The van der Waals surface area contributed by atoms with Crippen molar-refractivity contribution in [3.63, 3.8) is 0 Å². The normalized spacial score (nSPS) is 13.8. The Labute approximate surface area is 189 Å². The van der Waals surface area contributed by atoms with Crippen LogP contribution in [-0.4, -0.2) is 34.1 Å². The summed E-state index contributed by atoms with van der Waals surface area (Å²) in [6.07, 6.45) is -0.940. The van der Waals surface area contributed by atoms with Crippen LogP contribution >= 0.6 is 0 Å². The van der Waals surface area contributed by atoms with E-state index in [9.17, 15) is 22.0 Å². The highest BCUT2D eigenvalue weighted by molar-refractivity contribution is 7.92. The number of anilines is 2. The van der Waals surface area contributed by atoms with E-state index < -0.39 is 22.4 Å². The molecular formula is C21H22F2N6O3S. The summed E-state index contributed by atoms with van der Waals surface area (Å²) < 4.78 is 54.9. The number of amides is 1. The number of carbonyl (C=O) groups excluding carboxylic acids is 1. The maximum Gasteiger partial charge on any atom is 0.282 e. The van der Waals surface area contributed by atoms with Gasteiger partial charge in [0.05, 0.1) is 4.90 Å². The summed E-state index contributed by atoms with van der Waals surface area (Å²) in [5.41, 5.74) is 1.89. The van der Waals surface area contributed by atoms with E-state index in [1.165, 1.54) is 35.0 Å². The van der Waals surface area contributed by atoms with Gasteiger partial charge in [-0.2, -0.15) is 5.10 Å². The number of benzene rings is 1. The van der Waals surface area contributed by atoms with Crippen molar-refractivity contribution in [3.8, 4) is 0 Å². The molecule has 1 aliphatic rings. The van der Waals surface area contributed by atoms with Crippen LogP contribution in [0.5, 0.6) is 0 Å². The molecule has 33 heavy (non-hydrogen) atoms. The van der Waals surface area contributed by atoms with Gasteiger partial charge in [-0.05, 0) is 63.1 Å². The summed E-state index contributed by atoms with van der Waals surface area (Å²) in [6, 6.07) is 8.61. The number of alkyl halides is 2. The second-order valence-corrected chi connectivity index (χ2v) is 9.56. The van der Waals surface area contributed by atoms with Crippen LogP contribution < -0.4 is 10.0 Å². The van der Waals surface area contributed by atoms with Gasteiger partial charge in [0.2, 0.25) is 11.9 Å². The predicted octanol–water partition coefficient (Wildman–Crippen LogP) is 3.54. The molecule has 2 N–H and O–H groups in total. The summed E-state index contributed by atoms with van der Waals surface area (Å²) in [5.74, 6) is -0.340. The second-order valence-electron chi connectivity index (χ2n) is 7.88. The number of halogens is 2. The molecule has 0 unspecified atom stereocenters. The van der Waals surface area contributed by atoms with Crippen molar-refractivity contribution in [2.24, 2.45) is 0 Å². The number of aromatic nitrogens is 4. The molecule has 2 heterocycles. The first-order valence-corrected chi connectivity index (χ1v) is 11.7. The van der Waals surface area contributed by atoms with Gasteiger partial charge in [-0.15, -0.1) is 0 Å². The number of carbonyl (C=O) groups is 1. The number of hydrogen-bond acceptors (Lipinski definition) is 6. The Balaban J connectivity index is 1.43. The minimum absolute atomic E-state index is 0.0289. The van der Waals surface area contributed by atoms with Gasteiger partial charge in [0.1, 0.15) is 12.2 Å². The van der Waals surface area contributed by atoms with E-state index in [2.05, 4.69) is 25.1 Å². The zero-order chi connectivity index (χ0) is 23.8. The van der Waals surface area contributed by atoms with Crippen molar-refractivity contribution in [3.05, 3.63) is 59.2 Å². The first-order valence-electron chi connectivity index (χ1n) is 10.2. The zero-order valence-electron chi connectivity index (χ0n) is 17.9. The third kappa shape index (κ3) is 5.51. The van der Waals surface area contributed by atoms with Crippen molar-refractivity contribution < 1.29 is 22.0 Å². The Morgan fingerprint density at radius 3 is 2.33 bits per heavy atom. The van der Waals surface area contributed by atoms with Gasteiger partial charge < -0.3 is 5.32 Å². The van der Waals surface area contributed by atoms with Gasteiger partial charge in [-0.1, -0.05) is 0 Å². The first-order chi connectivity index (χ1) is 15.6. The van der Waals surface area contributed by atoms with E-state index in [0.29, 0.717) is 22.8 Å². The molecule has 0 bridgehead atoms. The maximum atomic E-state index is 13.0. The first kappa shape index (κ1) is 22.8. The van der Waals surface area contributed by atoms with Crippen LogP contribution in [0.3, 0.4) is 0 Å². The molecule has 9 nitrogen and oxygen atoms in total. The molecule has 1 aliphatic carbocycles. The largest absolute Gasteiger partial charge is 0.324 e. The van der Waals surface area contributed by atoms with E-state index in [1.54, 1.807) is 19.9 Å².